The number of hydrogen-bond acceptors (Lipinski definition) is 8. The van der Waals surface area contributed by atoms with Crippen LogP contribution in [-0.4, -0.2) is 93.4 Å². The Morgan fingerprint density at radius 2 is 1.54 bits per heavy atom. The van der Waals surface area contributed by atoms with E-state index in [0.717, 1.165) is 107 Å². The summed E-state index contributed by atoms with van der Waals surface area (Å²) in [6.45, 7) is 11.6. The summed E-state index contributed by atoms with van der Waals surface area (Å²) < 4.78 is 15.3. The molecule has 1 unspecified atom stereocenters. The van der Waals surface area contributed by atoms with E-state index in [1.54, 1.807) is 16.2 Å². The number of ether oxygens (including phenoxy) is 2. The Kier molecular flexibility index (Phi) is 10.6. The molecule has 1 aromatic heterocycles. The van der Waals surface area contributed by atoms with E-state index in [9.17, 15) is 19.2 Å². The fraction of sp³-hybridized carbons (Fsp3) is 0.722. The van der Waals surface area contributed by atoms with Crippen molar-refractivity contribution in [3.05, 3.63) is 34.2 Å². The zero-order valence-corrected chi connectivity index (χ0v) is 29.2. The summed E-state index contributed by atoms with van der Waals surface area (Å²) in [6, 6.07) is 5.46. The van der Waals surface area contributed by atoms with Crippen molar-refractivity contribution in [2.24, 2.45) is 13.0 Å². The number of para-hydroxylation sites is 1. The predicted octanol–water partition coefficient (Wildman–Crippen LogP) is 3.85. The molecule has 1 aliphatic carbocycles. The molecule has 4 fully saturated rings. The summed E-state index contributed by atoms with van der Waals surface area (Å²) in [6.07, 6.45) is 9.33. The van der Waals surface area contributed by atoms with Gasteiger partial charge in [-0.2, -0.15) is 0 Å². The smallest absolute Gasteiger partial charge is 0.407 e. The lowest BCUT2D eigenvalue weighted by Gasteiger charge is -2.39. The second kappa shape index (κ2) is 14.7. The van der Waals surface area contributed by atoms with Crippen LogP contribution in [0.25, 0.3) is 11.0 Å². The van der Waals surface area contributed by atoms with Crippen molar-refractivity contribution in [3.63, 3.8) is 0 Å². The number of carbonyl (C=O) groups excluding carboxylic acids is 3. The summed E-state index contributed by atoms with van der Waals surface area (Å²) >= 11 is 0. The predicted molar refractivity (Wildman–Crippen MR) is 183 cm³/mol. The van der Waals surface area contributed by atoms with Crippen LogP contribution in [0.5, 0.6) is 0 Å². The number of amides is 3. The number of imidazole rings is 1. The third kappa shape index (κ3) is 8.31. The van der Waals surface area contributed by atoms with Crippen LogP contribution in [0.15, 0.2) is 23.0 Å². The van der Waals surface area contributed by atoms with Crippen molar-refractivity contribution in [2.75, 3.05) is 32.7 Å². The van der Waals surface area contributed by atoms with Crippen molar-refractivity contribution in [2.45, 2.75) is 121 Å². The van der Waals surface area contributed by atoms with Crippen LogP contribution in [0.3, 0.4) is 0 Å². The molecule has 6 rings (SSSR count). The van der Waals surface area contributed by atoms with Crippen LogP contribution in [0.2, 0.25) is 0 Å². The summed E-state index contributed by atoms with van der Waals surface area (Å²) in [5.74, 6) is -0.00973. The van der Waals surface area contributed by atoms with Gasteiger partial charge in [0.05, 0.1) is 23.2 Å². The Hall–Kier alpha value is -3.22. The topological polar surface area (TPSA) is 127 Å². The summed E-state index contributed by atoms with van der Waals surface area (Å²) in [4.78, 5) is 54.8. The SMILES string of the molecule is Cn1c(=O)n(C2CCC(=O)NC2=O)c2cccc(CN3CCC(OC4CCN(C[C@H]5CC[C@H](NC(=O)OC(C)(C)C)CC5)CC4)CC3)c21. The number of likely N-dealkylation sites (tertiary alicyclic amines) is 2. The van der Waals surface area contributed by atoms with E-state index in [2.05, 4.69) is 26.5 Å². The van der Waals surface area contributed by atoms with Gasteiger partial charge in [0.15, 0.2) is 0 Å². The van der Waals surface area contributed by atoms with Gasteiger partial charge < -0.3 is 19.7 Å². The number of piperidine rings is 3. The standard InChI is InChI=1S/C36H54N6O6/c1-36(2,3)48-34(45)37-26-10-8-24(9-11-26)22-40-18-14-27(15-19-40)47-28-16-20-41(21-17-28)23-25-6-5-7-29-32(25)39(4)35(46)42(29)30-12-13-31(43)38-33(30)44/h5-7,24,26-28,30H,8-23H2,1-4H3,(H,37,45)(H,38,43,44)/t24-,26-,30?. The molecular formula is C36H54N6O6. The molecule has 48 heavy (non-hydrogen) atoms. The molecule has 0 spiro atoms. The Labute approximate surface area is 283 Å². The quantitative estimate of drug-likeness (QED) is 0.407. The van der Waals surface area contributed by atoms with E-state index in [4.69, 9.17) is 9.47 Å². The minimum absolute atomic E-state index is 0.219. The summed E-state index contributed by atoms with van der Waals surface area (Å²) in [7, 11) is 1.76. The first kappa shape index (κ1) is 34.6. The van der Waals surface area contributed by atoms with Crippen LogP contribution in [0.1, 0.15) is 96.6 Å². The zero-order chi connectivity index (χ0) is 34.0. The van der Waals surface area contributed by atoms with E-state index >= 15 is 0 Å². The zero-order valence-electron chi connectivity index (χ0n) is 29.2. The van der Waals surface area contributed by atoms with Gasteiger partial charge in [-0.15, -0.1) is 0 Å². The summed E-state index contributed by atoms with van der Waals surface area (Å²) in [5.41, 5.74) is 1.96. The van der Waals surface area contributed by atoms with Gasteiger partial charge in [0.25, 0.3) is 0 Å². The molecule has 264 valence electrons. The van der Waals surface area contributed by atoms with Gasteiger partial charge in [0.1, 0.15) is 11.6 Å². The second-order valence-electron chi connectivity index (χ2n) is 15.4. The Morgan fingerprint density at radius 3 is 2.17 bits per heavy atom. The van der Waals surface area contributed by atoms with E-state index in [0.29, 0.717) is 18.4 Å². The lowest BCUT2D eigenvalue weighted by molar-refractivity contribution is -0.135. The number of hydrogen-bond donors (Lipinski definition) is 2. The number of imide groups is 1. The highest BCUT2D eigenvalue weighted by Gasteiger charge is 2.33. The van der Waals surface area contributed by atoms with Crippen LogP contribution >= 0.6 is 0 Å². The Bertz CT molecular complexity index is 1520. The van der Waals surface area contributed by atoms with Gasteiger partial charge in [-0.05, 0) is 96.1 Å². The first-order valence-corrected chi connectivity index (χ1v) is 18.1. The molecule has 1 atom stereocenters. The third-order valence-electron chi connectivity index (χ3n) is 10.6. The molecule has 1 saturated carbocycles. The monoisotopic (exact) mass is 666 g/mol. The highest BCUT2D eigenvalue weighted by Crippen LogP contribution is 2.29. The van der Waals surface area contributed by atoms with Crippen LogP contribution < -0.4 is 16.3 Å². The molecule has 1 aromatic carbocycles. The molecule has 12 heteroatoms. The fourth-order valence-corrected chi connectivity index (χ4v) is 8.15. The molecule has 0 bridgehead atoms. The maximum absolute atomic E-state index is 13.3. The average molecular weight is 667 g/mol. The molecule has 2 N–H and O–H groups in total. The van der Waals surface area contributed by atoms with E-state index < -0.39 is 17.6 Å². The van der Waals surface area contributed by atoms with Crippen LogP contribution in [0, 0.1) is 5.92 Å². The number of alkyl carbamates (subject to hydrolysis) is 1. The minimum Gasteiger partial charge on any atom is -0.444 e. The minimum atomic E-state index is -0.677. The number of nitrogens with zero attached hydrogens (tertiary/aromatic N) is 4. The number of fused-ring (bicyclic) bond motifs is 1. The highest BCUT2D eigenvalue weighted by molar-refractivity contribution is 6.00. The van der Waals surface area contributed by atoms with E-state index in [1.807, 2.05) is 32.9 Å². The van der Waals surface area contributed by atoms with Gasteiger partial charge in [-0.3, -0.25) is 28.9 Å². The maximum atomic E-state index is 13.3. The van der Waals surface area contributed by atoms with Gasteiger partial charge in [0.2, 0.25) is 11.8 Å². The van der Waals surface area contributed by atoms with Crippen LogP contribution in [0.4, 0.5) is 4.79 Å². The molecule has 0 radical (unpaired) electrons. The van der Waals surface area contributed by atoms with Gasteiger partial charge in [-0.25, -0.2) is 9.59 Å². The van der Waals surface area contributed by atoms with Gasteiger partial charge in [0, 0.05) is 58.8 Å². The second-order valence-corrected chi connectivity index (χ2v) is 15.4. The Balaban J connectivity index is 0.927. The van der Waals surface area contributed by atoms with Gasteiger partial charge >= 0.3 is 11.8 Å². The molecular weight excluding hydrogens is 612 g/mol. The molecule has 4 heterocycles. The highest BCUT2D eigenvalue weighted by atomic mass is 16.6. The van der Waals surface area contributed by atoms with Crippen molar-refractivity contribution in [3.8, 4) is 0 Å². The number of benzene rings is 1. The van der Waals surface area contributed by atoms with Crippen molar-refractivity contribution in [1.82, 2.24) is 29.6 Å². The lowest BCUT2D eigenvalue weighted by atomic mass is 9.85. The van der Waals surface area contributed by atoms with Crippen LogP contribution in [-0.2, 0) is 32.7 Å². The number of aromatic nitrogens is 2. The average Bonchev–Trinajstić information content (AvgIpc) is 3.29. The number of rotatable bonds is 8. The largest absolute Gasteiger partial charge is 0.444 e. The molecule has 4 aliphatic rings. The van der Waals surface area contributed by atoms with E-state index in [1.165, 1.54) is 0 Å². The first-order valence-electron chi connectivity index (χ1n) is 18.1. The van der Waals surface area contributed by atoms with E-state index in [-0.39, 0.29) is 36.3 Å². The molecule has 12 nitrogen and oxygen atoms in total. The normalized spacial score (nSPS) is 25.7. The third-order valence-corrected chi connectivity index (χ3v) is 10.6. The Morgan fingerprint density at radius 1 is 0.896 bits per heavy atom. The van der Waals surface area contributed by atoms with Crippen molar-refractivity contribution < 1.29 is 23.9 Å². The number of nitrogens with one attached hydrogen (secondary N) is 2. The first-order chi connectivity index (χ1) is 22.9. The fourth-order valence-electron chi connectivity index (χ4n) is 8.15. The van der Waals surface area contributed by atoms with Crippen molar-refractivity contribution in [1.29, 1.82) is 0 Å². The van der Waals surface area contributed by atoms with Gasteiger partial charge in [-0.1, -0.05) is 12.1 Å². The maximum Gasteiger partial charge on any atom is 0.407 e. The summed E-state index contributed by atoms with van der Waals surface area (Å²) in [5, 5.41) is 5.44. The number of aryl methyl sites for hydroxylation is 1. The molecule has 3 aliphatic heterocycles. The van der Waals surface area contributed by atoms with Crippen molar-refractivity contribution >= 4 is 28.9 Å². The molecule has 2 aromatic rings. The molecule has 3 saturated heterocycles. The number of carbonyl (C=O) groups is 3. The lowest BCUT2D eigenvalue weighted by Crippen LogP contribution is -2.44. The molecule has 3 amide bonds.